The minimum Gasteiger partial charge on any atom is -0.201 e. The first kappa shape index (κ1) is 11.2. The molecular formula is C24H36N+. The molecule has 0 radical (unpaired) electrons. The smallest absolute Gasteiger partial charge is 0.201 e. The SMILES string of the molecule is [2H]C([2H])([2H])c1cc(C)c(-c2cc(C(C)(C)C)c(C([2H])([2H])C(C)(C)C)c[n+]2C)cc1C([2H])([2H])[2H]. The van der Waals surface area contributed by atoms with Gasteiger partial charge in [0, 0.05) is 28.2 Å². The highest BCUT2D eigenvalue weighted by Gasteiger charge is 2.27. The zero-order chi connectivity index (χ0) is 25.9. The molecule has 0 aliphatic carbocycles. The lowest BCUT2D eigenvalue weighted by Crippen LogP contribution is -2.34. The Hall–Kier alpha value is -1.63. The average molecular weight is 347 g/mol. The Morgan fingerprint density at radius 1 is 0.960 bits per heavy atom. The zero-order valence-corrected chi connectivity index (χ0v) is 16.8. The minimum absolute atomic E-state index is 0.164. The molecule has 2 rings (SSSR count). The van der Waals surface area contributed by atoms with Gasteiger partial charge in [0.15, 0.2) is 6.20 Å². The summed E-state index contributed by atoms with van der Waals surface area (Å²) in [5.74, 6) is 0. The van der Waals surface area contributed by atoms with Gasteiger partial charge in [-0.2, -0.15) is 0 Å². The topological polar surface area (TPSA) is 3.88 Å². The molecule has 0 unspecified atom stereocenters. The van der Waals surface area contributed by atoms with Crippen molar-refractivity contribution in [2.24, 2.45) is 12.5 Å². The Morgan fingerprint density at radius 2 is 1.56 bits per heavy atom. The summed E-state index contributed by atoms with van der Waals surface area (Å²) in [7, 11) is 1.80. The zero-order valence-electron chi connectivity index (χ0n) is 24.8. The first-order chi connectivity index (χ1) is 14.5. The van der Waals surface area contributed by atoms with Crippen LogP contribution in [0.1, 0.15) is 80.3 Å². The van der Waals surface area contributed by atoms with Crippen molar-refractivity contribution in [1.82, 2.24) is 0 Å². The summed E-state index contributed by atoms with van der Waals surface area (Å²) < 4.78 is 66.8. The van der Waals surface area contributed by atoms with Crippen LogP contribution < -0.4 is 4.57 Å². The molecule has 0 saturated carbocycles. The fourth-order valence-corrected chi connectivity index (χ4v) is 3.02. The molecule has 0 spiro atoms. The fourth-order valence-electron chi connectivity index (χ4n) is 3.02. The number of benzene rings is 1. The first-order valence-corrected chi connectivity index (χ1v) is 8.70. The van der Waals surface area contributed by atoms with Crippen LogP contribution in [-0.4, -0.2) is 0 Å². The van der Waals surface area contributed by atoms with Crippen LogP contribution in [0.2, 0.25) is 0 Å². The van der Waals surface area contributed by atoms with Gasteiger partial charge >= 0.3 is 0 Å². The van der Waals surface area contributed by atoms with E-state index in [1.165, 1.54) is 12.1 Å². The number of pyridine rings is 1. The molecule has 0 amide bonds. The summed E-state index contributed by atoms with van der Waals surface area (Å²) in [6, 6.07) is 4.83. The number of rotatable bonds is 2. The van der Waals surface area contributed by atoms with E-state index in [9.17, 15) is 0 Å². The maximum atomic E-state index is 8.88. The van der Waals surface area contributed by atoms with Crippen molar-refractivity contribution in [2.75, 3.05) is 0 Å². The van der Waals surface area contributed by atoms with Gasteiger partial charge in [-0.15, -0.1) is 0 Å². The van der Waals surface area contributed by atoms with E-state index in [0.29, 0.717) is 22.4 Å². The van der Waals surface area contributed by atoms with Crippen molar-refractivity contribution in [3.05, 3.63) is 52.2 Å². The van der Waals surface area contributed by atoms with E-state index in [2.05, 4.69) is 0 Å². The van der Waals surface area contributed by atoms with Crippen molar-refractivity contribution < 1.29 is 15.5 Å². The molecule has 0 aliphatic rings. The lowest BCUT2D eigenvalue weighted by molar-refractivity contribution is -0.661. The summed E-state index contributed by atoms with van der Waals surface area (Å²) in [4.78, 5) is 0. The number of nitrogens with zero attached hydrogens (tertiary/aromatic N) is 1. The van der Waals surface area contributed by atoms with E-state index in [1.807, 2.05) is 47.6 Å². The van der Waals surface area contributed by atoms with Crippen LogP contribution in [0.5, 0.6) is 0 Å². The van der Waals surface area contributed by atoms with Crippen LogP contribution in [0.4, 0.5) is 0 Å². The van der Waals surface area contributed by atoms with E-state index in [-0.39, 0.29) is 16.5 Å². The number of aromatic nitrogens is 1. The van der Waals surface area contributed by atoms with E-state index in [4.69, 9.17) is 11.0 Å². The summed E-state index contributed by atoms with van der Waals surface area (Å²) in [6.07, 6.45) is 0.170. The quantitative estimate of drug-likeness (QED) is 0.588. The van der Waals surface area contributed by atoms with Crippen molar-refractivity contribution in [3.8, 4) is 11.3 Å². The third-order valence-electron chi connectivity index (χ3n) is 4.23. The number of hydrogen-bond donors (Lipinski definition) is 0. The monoisotopic (exact) mass is 346 g/mol. The van der Waals surface area contributed by atoms with Gasteiger partial charge in [-0.1, -0.05) is 47.6 Å². The lowest BCUT2D eigenvalue weighted by Gasteiger charge is -2.26. The van der Waals surface area contributed by atoms with Gasteiger partial charge in [-0.3, -0.25) is 0 Å². The summed E-state index contributed by atoms with van der Waals surface area (Å²) in [6.45, 7) is 8.31. The molecule has 0 atom stereocenters. The molecule has 25 heavy (non-hydrogen) atoms. The lowest BCUT2D eigenvalue weighted by atomic mass is 9.78. The predicted octanol–water partition coefficient (Wildman–Crippen LogP) is 5.99. The van der Waals surface area contributed by atoms with Gasteiger partial charge in [-0.05, 0) is 66.2 Å². The van der Waals surface area contributed by atoms with Crippen LogP contribution in [0.15, 0.2) is 24.4 Å². The number of aryl methyl sites for hydroxylation is 4. The Bertz CT molecular complexity index is 1050. The summed E-state index contributed by atoms with van der Waals surface area (Å²) >= 11 is 0. The molecule has 0 fully saturated rings. The van der Waals surface area contributed by atoms with Crippen molar-refractivity contribution >= 4 is 0 Å². The van der Waals surface area contributed by atoms with Crippen molar-refractivity contribution in [2.45, 2.75) is 74.0 Å². The van der Waals surface area contributed by atoms with Gasteiger partial charge in [0.05, 0.1) is 0 Å². The third-order valence-corrected chi connectivity index (χ3v) is 4.23. The van der Waals surface area contributed by atoms with Crippen molar-refractivity contribution in [1.29, 1.82) is 0 Å². The summed E-state index contributed by atoms with van der Waals surface area (Å²) in [5, 5.41) is 0. The molecule has 1 nitrogen and oxygen atoms in total. The van der Waals surface area contributed by atoms with Crippen LogP contribution in [0, 0.1) is 26.0 Å². The van der Waals surface area contributed by atoms with Crippen LogP contribution in [0.3, 0.4) is 0 Å². The minimum atomic E-state index is -2.58. The second kappa shape index (κ2) is 6.59. The van der Waals surface area contributed by atoms with Crippen molar-refractivity contribution in [3.63, 3.8) is 0 Å². The molecular weight excluding hydrogens is 302 g/mol. The molecule has 0 N–H and O–H groups in total. The Kier molecular flexibility index (Phi) is 2.94. The van der Waals surface area contributed by atoms with Gasteiger partial charge in [0.1, 0.15) is 7.05 Å². The molecule has 2 aromatic rings. The largest absolute Gasteiger partial charge is 0.212 e. The third kappa shape index (κ3) is 4.51. The normalized spacial score (nSPS) is 18.9. The molecule has 1 aromatic carbocycles. The van der Waals surface area contributed by atoms with E-state index >= 15 is 0 Å². The summed E-state index contributed by atoms with van der Waals surface area (Å²) in [5.41, 5.74) is 2.00. The Balaban J connectivity index is 2.95. The predicted molar refractivity (Wildman–Crippen MR) is 109 cm³/mol. The molecule has 1 heteroatoms. The highest BCUT2D eigenvalue weighted by molar-refractivity contribution is 5.64. The molecule has 0 bridgehead atoms. The average Bonchev–Trinajstić information content (AvgIpc) is 2.57. The molecule has 0 saturated heterocycles. The van der Waals surface area contributed by atoms with Crippen LogP contribution in [-0.2, 0) is 18.8 Å². The molecule has 136 valence electrons. The molecule has 0 aliphatic heterocycles. The van der Waals surface area contributed by atoms with Crippen LogP contribution >= 0.6 is 0 Å². The maximum Gasteiger partial charge on any atom is 0.212 e. The number of hydrogen-bond acceptors (Lipinski definition) is 0. The fraction of sp³-hybridized carbons (Fsp3) is 0.542. The maximum absolute atomic E-state index is 8.88. The standard InChI is InChI=1S/C24H36N/c1-16-11-18(3)20(12-17(16)2)22-13-21(24(7,8)9)19(15-25(22)10)14-23(4,5)6/h11-13,15H,14H2,1-10H3/q+1/i1D3,2D3,14D2. The van der Waals surface area contributed by atoms with Crippen LogP contribution in [0.25, 0.3) is 11.3 Å². The van der Waals surface area contributed by atoms with Gasteiger partial charge in [0.2, 0.25) is 5.69 Å². The van der Waals surface area contributed by atoms with E-state index < -0.39 is 25.5 Å². The first-order valence-electron chi connectivity index (χ1n) is 12.7. The Labute approximate surface area is 166 Å². The van der Waals surface area contributed by atoms with Gasteiger partial charge in [-0.25, -0.2) is 4.57 Å². The van der Waals surface area contributed by atoms with Gasteiger partial charge < -0.3 is 0 Å². The second-order valence-electron chi connectivity index (χ2n) is 8.93. The second-order valence-corrected chi connectivity index (χ2v) is 8.93. The van der Waals surface area contributed by atoms with E-state index in [0.717, 1.165) is 5.56 Å². The molecule has 1 heterocycles. The highest BCUT2D eigenvalue weighted by atomic mass is 14.9. The highest BCUT2D eigenvalue weighted by Crippen LogP contribution is 2.33. The molecule has 1 aromatic heterocycles. The van der Waals surface area contributed by atoms with Gasteiger partial charge in [0.25, 0.3) is 0 Å². The van der Waals surface area contributed by atoms with E-state index in [1.54, 1.807) is 24.7 Å². The Morgan fingerprint density at radius 3 is 2.08 bits per heavy atom.